The number of carbonyl (C=O) groups is 1. The van der Waals surface area contributed by atoms with Gasteiger partial charge in [0.2, 0.25) is 5.91 Å². The Morgan fingerprint density at radius 1 is 1.75 bits per heavy atom. The molecule has 0 aromatic carbocycles. The van der Waals surface area contributed by atoms with Crippen LogP contribution in [-0.4, -0.2) is 37.5 Å². The fourth-order valence-electron chi connectivity index (χ4n) is 1.10. The number of hydrogen-bond acceptors (Lipinski definition) is 3. The molecule has 1 aliphatic rings. The summed E-state index contributed by atoms with van der Waals surface area (Å²) in [5.74, 6) is 0.303. The lowest BCUT2D eigenvalue weighted by atomic mass is 10.0. The Balaban J connectivity index is 2.26. The van der Waals surface area contributed by atoms with Crippen LogP contribution in [0.3, 0.4) is 0 Å². The standard InChI is InChI=1S/C8H13N3O/c1-11(4-2-3-9)8(12)7-5-10-6-7/h7,10H,2,4-6H2,1H3. The van der Waals surface area contributed by atoms with E-state index in [1.54, 1.807) is 11.9 Å². The Bertz CT molecular complexity index is 205. The first kappa shape index (κ1) is 9.01. The number of rotatable bonds is 3. The van der Waals surface area contributed by atoms with Gasteiger partial charge in [0.25, 0.3) is 0 Å². The molecule has 4 heteroatoms. The summed E-state index contributed by atoms with van der Waals surface area (Å²) in [5.41, 5.74) is 0. The maximum absolute atomic E-state index is 11.4. The van der Waals surface area contributed by atoms with Gasteiger partial charge in [0, 0.05) is 26.7 Å². The molecule has 0 spiro atoms. The number of hydrogen-bond donors (Lipinski definition) is 1. The Hall–Kier alpha value is -1.08. The zero-order chi connectivity index (χ0) is 8.97. The third-order valence-corrected chi connectivity index (χ3v) is 2.07. The van der Waals surface area contributed by atoms with Crippen LogP contribution in [-0.2, 0) is 4.79 Å². The van der Waals surface area contributed by atoms with E-state index in [4.69, 9.17) is 5.26 Å². The molecule has 1 amide bonds. The van der Waals surface area contributed by atoms with E-state index in [0.29, 0.717) is 13.0 Å². The van der Waals surface area contributed by atoms with Gasteiger partial charge < -0.3 is 10.2 Å². The SMILES string of the molecule is CN(CCC#N)C(=O)C1CNC1. The van der Waals surface area contributed by atoms with Crippen LogP contribution >= 0.6 is 0 Å². The highest BCUT2D eigenvalue weighted by atomic mass is 16.2. The molecule has 0 aliphatic carbocycles. The van der Waals surface area contributed by atoms with Crippen LogP contribution in [0.15, 0.2) is 0 Å². The summed E-state index contributed by atoms with van der Waals surface area (Å²) >= 11 is 0. The Kier molecular flexibility index (Phi) is 3.06. The summed E-state index contributed by atoms with van der Waals surface area (Å²) in [6.07, 6.45) is 0.419. The van der Waals surface area contributed by atoms with Crippen molar-refractivity contribution in [3.8, 4) is 6.07 Å². The molecule has 12 heavy (non-hydrogen) atoms. The Morgan fingerprint density at radius 3 is 2.83 bits per heavy atom. The molecular weight excluding hydrogens is 154 g/mol. The van der Waals surface area contributed by atoms with Crippen molar-refractivity contribution in [1.29, 1.82) is 5.26 Å². The minimum absolute atomic E-state index is 0.147. The molecule has 0 atom stereocenters. The molecular formula is C8H13N3O. The van der Waals surface area contributed by atoms with Crippen molar-refractivity contribution in [3.63, 3.8) is 0 Å². The third kappa shape index (κ3) is 1.95. The quantitative estimate of drug-likeness (QED) is 0.621. The number of nitrogens with one attached hydrogen (secondary N) is 1. The lowest BCUT2D eigenvalue weighted by Crippen LogP contribution is -2.51. The summed E-state index contributed by atoms with van der Waals surface area (Å²) in [4.78, 5) is 13.0. The minimum atomic E-state index is 0.147. The van der Waals surface area contributed by atoms with Crippen molar-refractivity contribution in [3.05, 3.63) is 0 Å². The third-order valence-electron chi connectivity index (χ3n) is 2.07. The van der Waals surface area contributed by atoms with Crippen LogP contribution in [0, 0.1) is 17.2 Å². The number of nitriles is 1. The molecule has 0 radical (unpaired) electrons. The molecule has 4 nitrogen and oxygen atoms in total. The van der Waals surface area contributed by atoms with Crippen molar-refractivity contribution in [1.82, 2.24) is 10.2 Å². The molecule has 1 heterocycles. The molecule has 0 aromatic rings. The average molecular weight is 167 g/mol. The monoisotopic (exact) mass is 167 g/mol. The summed E-state index contributed by atoms with van der Waals surface area (Å²) in [6.45, 7) is 2.12. The maximum atomic E-state index is 11.4. The maximum Gasteiger partial charge on any atom is 0.228 e. The lowest BCUT2D eigenvalue weighted by molar-refractivity contribution is -0.135. The normalized spacial score (nSPS) is 16.3. The van der Waals surface area contributed by atoms with Gasteiger partial charge in [-0.05, 0) is 0 Å². The Morgan fingerprint density at radius 2 is 2.42 bits per heavy atom. The van der Waals surface area contributed by atoms with Crippen LogP contribution in [0.5, 0.6) is 0 Å². The van der Waals surface area contributed by atoms with Crippen molar-refractivity contribution in [2.24, 2.45) is 5.92 Å². The summed E-state index contributed by atoms with van der Waals surface area (Å²) in [7, 11) is 1.75. The van der Waals surface area contributed by atoms with Crippen LogP contribution in [0.1, 0.15) is 6.42 Å². The second-order valence-corrected chi connectivity index (χ2v) is 3.02. The lowest BCUT2D eigenvalue weighted by Gasteiger charge is -2.29. The minimum Gasteiger partial charge on any atom is -0.344 e. The van der Waals surface area contributed by atoms with Crippen LogP contribution < -0.4 is 5.32 Å². The first-order chi connectivity index (χ1) is 5.75. The molecule has 0 saturated carbocycles. The van der Waals surface area contributed by atoms with Gasteiger partial charge in [-0.3, -0.25) is 4.79 Å². The van der Waals surface area contributed by atoms with Gasteiger partial charge in [-0.1, -0.05) is 0 Å². The van der Waals surface area contributed by atoms with Crippen LogP contribution in [0.4, 0.5) is 0 Å². The van der Waals surface area contributed by atoms with Crippen molar-refractivity contribution in [2.45, 2.75) is 6.42 Å². The zero-order valence-electron chi connectivity index (χ0n) is 7.21. The highest BCUT2D eigenvalue weighted by Crippen LogP contribution is 2.06. The number of nitrogens with zero attached hydrogens (tertiary/aromatic N) is 2. The van der Waals surface area contributed by atoms with E-state index in [1.807, 2.05) is 6.07 Å². The van der Waals surface area contributed by atoms with Crippen molar-refractivity contribution >= 4 is 5.91 Å². The molecule has 1 rings (SSSR count). The van der Waals surface area contributed by atoms with Crippen molar-refractivity contribution in [2.75, 3.05) is 26.7 Å². The second-order valence-electron chi connectivity index (χ2n) is 3.02. The predicted octanol–water partition coefficient (Wildman–Crippen LogP) is -0.422. The predicted molar refractivity (Wildman–Crippen MR) is 44.2 cm³/mol. The molecule has 1 aliphatic heterocycles. The number of carbonyl (C=O) groups excluding carboxylic acids is 1. The summed E-state index contributed by atoms with van der Waals surface area (Å²) in [5, 5.41) is 11.3. The molecule has 1 fully saturated rings. The largest absolute Gasteiger partial charge is 0.344 e. The molecule has 0 aromatic heterocycles. The highest BCUT2D eigenvalue weighted by Gasteiger charge is 2.26. The van der Waals surface area contributed by atoms with Gasteiger partial charge in [0.05, 0.1) is 18.4 Å². The van der Waals surface area contributed by atoms with E-state index in [-0.39, 0.29) is 11.8 Å². The topological polar surface area (TPSA) is 56.1 Å². The van der Waals surface area contributed by atoms with Gasteiger partial charge in [-0.2, -0.15) is 5.26 Å². The summed E-state index contributed by atoms with van der Waals surface area (Å²) in [6, 6.07) is 2.02. The van der Waals surface area contributed by atoms with Gasteiger partial charge >= 0.3 is 0 Å². The van der Waals surface area contributed by atoms with E-state index in [9.17, 15) is 4.79 Å². The molecule has 0 bridgehead atoms. The molecule has 66 valence electrons. The first-order valence-electron chi connectivity index (χ1n) is 4.08. The molecule has 1 saturated heterocycles. The van der Waals surface area contributed by atoms with Gasteiger partial charge in [-0.25, -0.2) is 0 Å². The average Bonchev–Trinajstić information content (AvgIpc) is 1.96. The fraction of sp³-hybridized carbons (Fsp3) is 0.750. The van der Waals surface area contributed by atoms with Gasteiger partial charge in [0.1, 0.15) is 0 Å². The molecule has 1 N–H and O–H groups in total. The van der Waals surface area contributed by atoms with Crippen LogP contribution in [0.2, 0.25) is 0 Å². The van der Waals surface area contributed by atoms with E-state index in [0.717, 1.165) is 13.1 Å². The summed E-state index contributed by atoms with van der Waals surface area (Å²) < 4.78 is 0. The smallest absolute Gasteiger partial charge is 0.228 e. The Labute approximate surface area is 72.2 Å². The van der Waals surface area contributed by atoms with E-state index < -0.39 is 0 Å². The van der Waals surface area contributed by atoms with E-state index in [2.05, 4.69) is 5.32 Å². The fourth-order valence-corrected chi connectivity index (χ4v) is 1.10. The van der Waals surface area contributed by atoms with Gasteiger partial charge in [-0.15, -0.1) is 0 Å². The highest BCUT2D eigenvalue weighted by molar-refractivity contribution is 5.79. The van der Waals surface area contributed by atoms with Crippen molar-refractivity contribution < 1.29 is 4.79 Å². The van der Waals surface area contributed by atoms with E-state index in [1.165, 1.54) is 0 Å². The van der Waals surface area contributed by atoms with Gasteiger partial charge in [0.15, 0.2) is 0 Å². The number of amides is 1. The zero-order valence-corrected chi connectivity index (χ0v) is 7.21. The van der Waals surface area contributed by atoms with E-state index >= 15 is 0 Å². The van der Waals surface area contributed by atoms with Crippen LogP contribution in [0.25, 0.3) is 0 Å². The second kappa shape index (κ2) is 4.07. The first-order valence-corrected chi connectivity index (χ1v) is 4.08. The molecule has 0 unspecified atom stereocenters.